The maximum absolute atomic E-state index is 11.4. The van der Waals surface area contributed by atoms with Crippen molar-refractivity contribution in [1.82, 2.24) is 4.90 Å². The quantitative estimate of drug-likeness (QED) is 0.928. The Labute approximate surface area is 123 Å². The first-order valence-electron chi connectivity index (χ1n) is 7.21. The fourth-order valence-corrected chi connectivity index (χ4v) is 5.36. The summed E-state index contributed by atoms with van der Waals surface area (Å²) in [6, 6.07) is 3.89. The van der Waals surface area contributed by atoms with E-state index in [0.717, 1.165) is 13.1 Å². The van der Waals surface area contributed by atoms with E-state index in [1.165, 1.54) is 35.5 Å². The summed E-state index contributed by atoms with van der Waals surface area (Å²) < 4.78 is 6.10. The average molecular weight is 294 g/mol. The summed E-state index contributed by atoms with van der Waals surface area (Å²) in [5.41, 5.74) is 5.18. The smallest absolute Gasteiger partial charge is 0.258 e. The number of likely N-dealkylation sites (tertiary alicyclic amines) is 1. The third kappa shape index (κ3) is 2.00. The Morgan fingerprint density at radius 2 is 2.05 bits per heavy atom. The van der Waals surface area contributed by atoms with E-state index in [-0.39, 0.29) is 11.5 Å². The summed E-state index contributed by atoms with van der Waals surface area (Å²) in [5.74, 6) is 0.666. The highest BCUT2D eigenvalue weighted by atomic mass is 32.1. The number of rotatable bonds is 3. The van der Waals surface area contributed by atoms with E-state index in [0.29, 0.717) is 16.7 Å². The third-order valence-corrected chi connectivity index (χ3v) is 6.19. The van der Waals surface area contributed by atoms with Gasteiger partial charge in [0.1, 0.15) is 5.60 Å². The van der Waals surface area contributed by atoms with Crippen molar-refractivity contribution in [3.63, 3.8) is 0 Å². The van der Waals surface area contributed by atoms with E-state index in [1.807, 2.05) is 19.2 Å². The van der Waals surface area contributed by atoms with Gasteiger partial charge in [0.05, 0.1) is 4.88 Å². The molecule has 0 spiro atoms. The van der Waals surface area contributed by atoms with Crippen LogP contribution >= 0.6 is 11.3 Å². The van der Waals surface area contributed by atoms with Gasteiger partial charge < -0.3 is 15.4 Å². The number of hydrogen-bond donors (Lipinski definition) is 1. The fourth-order valence-electron chi connectivity index (χ4n) is 4.17. The highest BCUT2D eigenvalue weighted by molar-refractivity contribution is 7.14. The van der Waals surface area contributed by atoms with Crippen LogP contribution in [0.4, 0.5) is 0 Å². The molecule has 1 amide bonds. The zero-order chi connectivity index (χ0) is 14.3. The minimum atomic E-state index is -0.342. The third-order valence-electron chi connectivity index (χ3n) is 4.95. The summed E-state index contributed by atoms with van der Waals surface area (Å²) in [5, 5.41) is 0. The van der Waals surface area contributed by atoms with Gasteiger partial charge in [-0.1, -0.05) is 6.42 Å². The van der Waals surface area contributed by atoms with Crippen LogP contribution in [0.1, 0.15) is 33.8 Å². The highest BCUT2D eigenvalue weighted by Gasteiger charge is 2.53. The van der Waals surface area contributed by atoms with Crippen LogP contribution in [0.15, 0.2) is 12.1 Å². The van der Waals surface area contributed by atoms with Crippen molar-refractivity contribution in [1.29, 1.82) is 0 Å². The summed E-state index contributed by atoms with van der Waals surface area (Å²) >= 11 is 1.51. The Bertz CT molecular complexity index is 500. The standard InChI is InChI=1S/C15H22N2O2S/c1-17-8-10-4-3-5-11(9-17)15(10,19-2)13-7-6-12(20-13)14(16)18/h6-7,10-11H,3-5,8-9H2,1-2H3,(H2,16,18)/t10-,11+,15-. The lowest BCUT2D eigenvalue weighted by molar-refractivity contribution is -0.163. The molecule has 5 heteroatoms. The van der Waals surface area contributed by atoms with E-state index in [9.17, 15) is 4.79 Å². The highest BCUT2D eigenvalue weighted by Crippen LogP contribution is 2.52. The van der Waals surface area contributed by atoms with Crippen molar-refractivity contribution in [2.24, 2.45) is 17.6 Å². The van der Waals surface area contributed by atoms with Crippen LogP contribution < -0.4 is 5.73 Å². The lowest BCUT2D eigenvalue weighted by atomic mass is 9.64. The molecule has 2 fully saturated rings. The maximum Gasteiger partial charge on any atom is 0.258 e. The SMILES string of the molecule is CO[C@]1(c2ccc(C(N)=O)s2)[C@@H]2CCC[C@H]1CN(C)C2. The van der Waals surface area contributed by atoms with Crippen LogP contribution in [0.2, 0.25) is 0 Å². The molecule has 0 aromatic carbocycles. The molecule has 20 heavy (non-hydrogen) atoms. The number of carbonyl (C=O) groups excluding carboxylic acids is 1. The number of nitrogens with zero attached hydrogens (tertiary/aromatic N) is 1. The van der Waals surface area contributed by atoms with Crippen molar-refractivity contribution in [3.8, 4) is 0 Å². The molecule has 1 aliphatic heterocycles. The monoisotopic (exact) mass is 294 g/mol. The number of primary amides is 1. The number of nitrogens with two attached hydrogens (primary N) is 1. The molecule has 1 saturated carbocycles. The van der Waals surface area contributed by atoms with Crippen molar-refractivity contribution in [2.75, 3.05) is 27.2 Å². The molecule has 110 valence electrons. The first-order valence-corrected chi connectivity index (χ1v) is 8.03. The van der Waals surface area contributed by atoms with Gasteiger partial charge in [-0.3, -0.25) is 4.79 Å². The van der Waals surface area contributed by atoms with Gasteiger partial charge in [-0.05, 0) is 32.0 Å². The average Bonchev–Trinajstić information content (AvgIpc) is 2.88. The second-order valence-corrected chi connectivity index (χ2v) is 7.16. The first kappa shape index (κ1) is 14.0. The Balaban J connectivity index is 2.03. The molecule has 2 N–H and O–H groups in total. The lowest BCUT2D eigenvalue weighted by Crippen LogP contribution is -2.57. The van der Waals surface area contributed by atoms with Crippen molar-refractivity contribution in [2.45, 2.75) is 24.9 Å². The molecule has 3 atom stereocenters. The van der Waals surface area contributed by atoms with Gasteiger partial charge in [-0.2, -0.15) is 0 Å². The van der Waals surface area contributed by atoms with E-state index in [1.54, 1.807) is 0 Å². The van der Waals surface area contributed by atoms with Crippen LogP contribution in [0.25, 0.3) is 0 Å². The molecule has 1 aliphatic carbocycles. The van der Waals surface area contributed by atoms with E-state index in [4.69, 9.17) is 10.5 Å². The molecule has 2 bridgehead atoms. The summed E-state index contributed by atoms with van der Waals surface area (Å²) in [6.45, 7) is 2.13. The molecule has 1 aromatic heterocycles. The molecule has 2 heterocycles. The Hall–Kier alpha value is -0.910. The predicted molar refractivity (Wildman–Crippen MR) is 79.9 cm³/mol. The molecule has 0 unspecified atom stereocenters. The molecule has 1 saturated heterocycles. The van der Waals surface area contributed by atoms with Crippen molar-refractivity contribution >= 4 is 17.2 Å². The van der Waals surface area contributed by atoms with Crippen molar-refractivity contribution in [3.05, 3.63) is 21.9 Å². The van der Waals surface area contributed by atoms with Gasteiger partial charge in [0.15, 0.2) is 0 Å². The zero-order valence-electron chi connectivity index (χ0n) is 12.1. The van der Waals surface area contributed by atoms with Gasteiger partial charge in [0.2, 0.25) is 0 Å². The molecular weight excluding hydrogens is 272 g/mol. The molecule has 1 aromatic rings. The molecule has 3 rings (SSSR count). The van der Waals surface area contributed by atoms with E-state index in [2.05, 4.69) is 11.9 Å². The van der Waals surface area contributed by atoms with Gasteiger partial charge in [-0.15, -0.1) is 11.3 Å². The van der Waals surface area contributed by atoms with Crippen LogP contribution in [-0.4, -0.2) is 38.1 Å². The van der Waals surface area contributed by atoms with Gasteiger partial charge in [0.25, 0.3) is 5.91 Å². The van der Waals surface area contributed by atoms with Crippen LogP contribution in [0.3, 0.4) is 0 Å². The van der Waals surface area contributed by atoms with Gasteiger partial charge >= 0.3 is 0 Å². The molecule has 0 radical (unpaired) electrons. The zero-order valence-corrected chi connectivity index (χ0v) is 12.9. The Kier molecular flexibility index (Phi) is 3.60. The number of piperidine rings is 1. The van der Waals surface area contributed by atoms with Gasteiger partial charge in [0, 0.05) is 36.9 Å². The second kappa shape index (κ2) is 5.13. The number of amides is 1. The summed E-state index contributed by atoms with van der Waals surface area (Å²) in [7, 11) is 4.01. The van der Waals surface area contributed by atoms with Crippen LogP contribution in [0, 0.1) is 11.8 Å². The fraction of sp³-hybridized carbons (Fsp3) is 0.667. The maximum atomic E-state index is 11.4. The number of thiophene rings is 1. The number of carbonyl (C=O) groups is 1. The largest absolute Gasteiger partial charge is 0.372 e. The van der Waals surface area contributed by atoms with Gasteiger partial charge in [-0.25, -0.2) is 0 Å². The van der Waals surface area contributed by atoms with Crippen molar-refractivity contribution < 1.29 is 9.53 Å². The molecule has 2 aliphatic rings. The van der Waals surface area contributed by atoms with Crippen LogP contribution in [0.5, 0.6) is 0 Å². The number of ether oxygens (including phenoxy) is 1. The molecular formula is C15H22N2O2S. The minimum Gasteiger partial charge on any atom is -0.372 e. The summed E-state index contributed by atoms with van der Waals surface area (Å²) in [4.78, 5) is 15.6. The second-order valence-electron chi connectivity index (χ2n) is 6.07. The van der Waals surface area contributed by atoms with Crippen LogP contribution in [-0.2, 0) is 10.3 Å². The Morgan fingerprint density at radius 3 is 2.55 bits per heavy atom. The molecule has 4 nitrogen and oxygen atoms in total. The predicted octanol–water partition coefficient (Wildman–Crippen LogP) is 2.05. The normalized spacial score (nSPS) is 34.1. The minimum absolute atomic E-state index is 0.219. The van der Waals surface area contributed by atoms with E-state index >= 15 is 0 Å². The lowest BCUT2D eigenvalue weighted by Gasteiger charge is -2.54. The summed E-state index contributed by atoms with van der Waals surface area (Å²) in [6.07, 6.45) is 3.67. The first-order chi connectivity index (χ1) is 9.57. The number of hydrogen-bond acceptors (Lipinski definition) is 4. The van der Waals surface area contributed by atoms with E-state index < -0.39 is 0 Å². The number of methoxy groups -OCH3 is 1. The topological polar surface area (TPSA) is 55.6 Å². The number of fused-ring (bicyclic) bond motifs is 2. The Morgan fingerprint density at radius 1 is 1.40 bits per heavy atom.